The summed E-state index contributed by atoms with van der Waals surface area (Å²) >= 11 is 5.87. The van der Waals surface area contributed by atoms with Crippen LogP contribution in [0.2, 0.25) is 5.02 Å². The Bertz CT molecular complexity index is 701. The zero-order valence-corrected chi connectivity index (χ0v) is 13.9. The SMILES string of the molecule is C=CCN1C(=O)/C(=C/c2ccc(Cl)cc2)C(C(=O)OCC)=C1C. The number of ether oxygens (including phenoxy) is 1. The quantitative estimate of drug-likeness (QED) is 0.470. The third kappa shape index (κ3) is 3.54. The fourth-order valence-corrected chi connectivity index (χ4v) is 2.53. The van der Waals surface area contributed by atoms with Gasteiger partial charge in [-0.05, 0) is 37.6 Å². The molecule has 0 N–H and O–H groups in total. The van der Waals surface area contributed by atoms with Gasteiger partial charge in [-0.15, -0.1) is 6.58 Å². The van der Waals surface area contributed by atoms with E-state index < -0.39 is 5.97 Å². The number of amides is 1. The van der Waals surface area contributed by atoms with Gasteiger partial charge in [0, 0.05) is 17.3 Å². The molecule has 5 heteroatoms. The number of allylic oxidation sites excluding steroid dienone is 1. The molecule has 0 spiro atoms. The molecule has 1 heterocycles. The molecule has 1 amide bonds. The van der Waals surface area contributed by atoms with E-state index in [1.807, 2.05) is 0 Å². The second-order valence-electron chi connectivity index (χ2n) is 4.99. The van der Waals surface area contributed by atoms with Crippen molar-refractivity contribution >= 4 is 29.6 Å². The lowest BCUT2D eigenvalue weighted by Gasteiger charge is -2.14. The minimum Gasteiger partial charge on any atom is -0.462 e. The van der Waals surface area contributed by atoms with Gasteiger partial charge in [-0.25, -0.2) is 4.79 Å². The second kappa shape index (κ2) is 7.29. The van der Waals surface area contributed by atoms with Crippen LogP contribution in [-0.2, 0) is 14.3 Å². The fraction of sp³-hybridized carbons (Fsp3) is 0.222. The van der Waals surface area contributed by atoms with Gasteiger partial charge >= 0.3 is 5.97 Å². The molecule has 0 aromatic heterocycles. The van der Waals surface area contributed by atoms with E-state index in [0.29, 0.717) is 28.4 Å². The summed E-state index contributed by atoms with van der Waals surface area (Å²) in [5.74, 6) is -0.731. The number of hydrogen-bond donors (Lipinski definition) is 0. The maximum atomic E-state index is 12.6. The molecule has 0 fully saturated rings. The number of rotatable bonds is 5. The summed E-state index contributed by atoms with van der Waals surface area (Å²) in [5, 5.41) is 0.607. The summed E-state index contributed by atoms with van der Waals surface area (Å²) in [7, 11) is 0. The van der Waals surface area contributed by atoms with Gasteiger partial charge < -0.3 is 9.64 Å². The summed E-state index contributed by atoms with van der Waals surface area (Å²) in [6.45, 7) is 7.70. The Labute approximate surface area is 140 Å². The lowest BCUT2D eigenvalue weighted by Crippen LogP contribution is -2.24. The molecule has 1 aromatic carbocycles. The van der Waals surface area contributed by atoms with Crippen LogP contribution in [0.3, 0.4) is 0 Å². The zero-order valence-electron chi connectivity index (χ0n) is 13.1. The summed E-state index contributed by atoms with van der Waals surface area (Å²) < 4.78 is 5.09. The Morgan fingerprint density at radius 3 is 2.57 bits per heavy atom. The first kappa shape index (κ1) is 17.0. The number of carbonyl (C=O) groups excluding carboxylic acids is 2. The van der Waals surface area contributed by atoms with E-state index in [2.05, 4.69) is 6.58 Å². The van der Waals surface area contributed by atoms with Crippen LogP contribution in [0, 0.1) is 0 Å². The molecule has 4 nitrogen and oxygen atoms in total. The molecule has 1 aromatic rings. The van der Waals surface area contributed by atoms with E-state index >= 15 is 0 Å². The Morgan fingerprint density at radius 2 is 2.00 bits per heavy atom. The highest BCUT2D eigenvalue weighted by Gasteiger charge is 2.36. The Kier molecular flexibility index (Phi) is 5.40. The zero-order chi connectivity index (χ0) is 17.0. The predicted molar refractivity (Wildman–Crippen MR) is 90.7 cm³/mol. The minimum absolute atomic E-state index is 0.236. The molecule has 2 rings (SSSR count). The Morgan fingerprint density at radius 1 is 1.35 bits per heavy atom. The molecule has 1 aliphatic heterocycles. The van der Waals surface area contributed by atoms with Crippen molar-refractivity contribution in [3.05, 3.63) is 64.3 Å². The molecule has 120 valence electrons. The number of halogens is 1. The normalized spacial score (nSPS) is 16.2. The molecule has 0 aliphatic carbocycles. The molecule has 0 saturated carbocycles. The van der Waals surface area contributed by atoms with Crippen molar-refractivity contribution < 1.29 is 14.3 Å². The van der Waals surface area contributed by atoms with E-state index in [-0.39, 0.29) is 12.5 Å². The summed E-state index contributed by atoms with van der Waals surface area (Å²) in [5.41, 5.74) is 1.99. The van der Waals surface area contributed by atoms with Crippen LogP contribution >= 0.6 is 11.6 Å². The average molecular weight is 332 g/mol. The lowest BCUT2D eigenvalue weighted by molar-refractivity contribution is -0.138. The van der Waals surface area contributed by atoms with Gasteiger partial charge in [-0.1, -0.05) is 29.8 Å². The predicted octanol–water partition coefficient (Wildman–Crippen LogP) is 3.59. The van der Waals surface area contributed by atoms with E-state index in [4.69, 9.17) is 16.3 Å². The molecule has 1 aliphatic rings. The third-order valence-electron chi connectivity index (χ3n) is 3.48. The van der Waals surface area contributed by atoms with E-state index in [9.17, 15) is 9.59 Å². The van der Waals surface area contributed by atoms with Gasteiger partial charge in [-0.2, -0.15) is 0 Å². The standard InChI is InChI=1S/C18H18ClNO3/c1-4-10-20-12(3)16(18(22)23-5-2)15(17(20)21)11-13-6-8-14(19)9-7-13/h4,6-9,11H,1,5,10H2,2-3H3/b15-11+. The minimum atomic E-state index is -0.495. The smallest absolute Gasteiger partial charge is 0.340 e. The molecule has 0 unspecified atom stereocenters. The summed E-state index contributed by atoms with van der Waals surface area (Å²) in [6, 6.07) is 7.04. The van der Waals surface area contributed by atoms with Crippen LogP contribution in [-0.4, -0.2) is 29.9 Å². The highest BCUT2D eigenvalue weighted by Crippen LogP contribution is 2.31. The monoisotopic (exact) mass is 331 g/mol. The van der Waals surface area contributed by atoms with Crippen molar-refractivity contribution in [3.8, 4) is 0 Å². The highest BCUT2D eigenvalue weighted by atomic mass is 35.5. The van der Waals surface area contributed by atoms with Crippen molar-refractivity contribution in [2.24, 2.45) is 0 Å². The van der Waals surface area contributed by atoms with E-state index in [1.54, 1.807) is 50.3 Å². The van der Waals surface area contributed by atoms with Crippen LogP contribution in [0.25, 0.3) is 6.08 Å². The number of nitrogens with zero attached hydrogens (tertiary/aromatic N) is 1. The van der Waals surface area contributed by atoms with Crippen LogP contribution in [0.1, 0.15) is 19.4 Å². The Hall–Kier alpha value is -2.33. The van der Waals surface area contributed by atoms with Gasteiger partial charge in [0.1, 0.15) is 0 Å². The van der Waals surface area contributed by atoms with Crippen molar-refractivity contribution in [1.29, 1.82) is 0 Å². The van der Waals surface area contributed by atoms with Crippen molar-refractivity contribution in [2.45, 2.75) is 13.8 Å². The van der Waals surface area contributed by atoms with Crippen molar-refractivity contribution in [1.82, 2.24) is 4.90 Å². The maximum Gasteiger partial charge on any atom is 0.340 e. The van der Waals surface area contributed by atoms with E-state index in [1.165, 1.54) is 4.90 Å². The second-order valence-corrected chi connectivity index (χ2v) is 5.43. The maximum absolute atomic E-state index is 12.6. The molecular weight excluding hydrogens is 314 g/mol. The fourth-order valence-electron chi connectivity index (χ4n) is 2.40. The summed E-state index contributed by atoms with van der Waals surface area (Å²) in [4.78, 5) is 26.4. The first-order chi connectivity index (χ1) is 11.0. The van der Waals surface area contributed by atoms with Gasteiger partial charge in [0.05, 0.1) is 17.8 Å². The number of hydrogen-bond acceptors (Lipinski definition) is 3. The molecule has 0 bridgehead atoms. The van der Waals surface area contributed by atoms with Crippen LogP contribution in [0.4, 0.5) is 0 Å². The molecule has 23 heavy (non-hydrogen) atoms. The topological polar surface area (TPSA) is 46.6 Å². The van der Waals surface area contributed by atoms with Gasteiger partial charge in [-0.3, -0.25) is 4.79 Å². The molecule has 0 atom stereocenters. The van der Waals surface area contributed by atoms with Crippen LogP contribution in [0.15, 0.2) is 53.8 Å². The van der Waals surface area contributed by atoms with Gasteiger partial charge in [0.25, 0.3) is 5.91 Å². The third-order valence-corrected chi connectivity index (χ3v) is 3.74. The lowest BCUT2D eigenvalue weighted by atomic mass is 10.0. The number of benzene rings is 1. The van der Waals surface area contributed by atoms with Crippen LogP contribution in [0.5, 0.6) is 0 Å². The largest absolute Gasteiger partial charge is 0.462 e. The molecule has 0 saturated heterocycles. The highest BCUT2D eigenvalue weighted by molar-refractivity contribution is 6.30. The molecule has 0 radical (unpaired) electrons. The van der Waals surface area contributed by atoms with Crippen LogP contribution < -0.4 is 0 Å². The first-order valence-corrected chi connectivity index (χ1v) is 7.65. The van der Waals surface area contributed by atoms with Crippen molar-refractivity contribution in [2.75, 3.05) is 13.2 Å². The van der Waals surface area contributed by atoms with E-state index in [0.717, 1.165) is 5.56 Å². The number of esters is 1. The van der Waals surface area contributed by atoms with Gasteiger partial charge in [0.15, 0.2) is 0 Å². The Balaban J connectivity index is 2.50. The summed E-state index contributed by atoms with van der Waals surface area (Å²) in [6.07, 6.45) is 3.30. The van der Waals surface area contributed by atoms with Gasteiger partial charge in [0.2, 0.25) is 0 Å². The molecular formula is C18H18ClNO3. The number of carbonyl (C=O) groups is 2. The average Bonchev–Trinajstić information content (AvgIpc) is 2.75. The first-order valence-electron chi connectivity index (χ1n) is 7.28. The van der Waals surface area contributed by atoms with Crippen molar-refractivity contribution in [3.63, 3.8) is 0 Å².